The highest BCUT2D eigenvalue weighted by molar-refractivity contribution is 6.05. The van der Waals surface area contributed by atoms with Gasteiger partial charge >= 0.3 is 0 Å². The molecule has 3 heteroatoms. The van der Waals surface area contributed by atoms with Crippen molar-refractivity contribution in [3.05, 3.63) is 59.7 Å². The molecule has 0 aromatic heterocycles. The van der Waals surface area contributed by atoms with E-state index >= 15 is 0 Å². The summed E-state index contributed by atoms with van der Waals surface area (Å²) in [6.45, 7) is 0. The van der Waals surface area contributed by atoms with Gasteiger partial charge in [-0.25, -0.2) is 0 Å². The maximum Gasteiger partial charge on any atom is 0.236 e. The molecule has 2 aromatic carbocycles. The Morgan fingerprint density at radius 1 is 1.00 bits per heavy atom. The molecular formula is C14H12N2O. The van der Waals surface area contributed by atoms with Gasteiger partial charge in [-0.05, 0) is 29.3 Å². The van der Waals surface area contributed by atoms with Crippen molar-refractivity contribution < 1.29 is 4.79 Å². The van der Waals surface area contributed by atoms with Gasteiger partial charge < -0.3 is 11.1 Å². The lowest BCUT2D eigenvalue weighted by Gasteiger charge is -2.09. The topological polar surface area (TPSA) is 55.1 Å². The summed E-state index contributed by atoms with van der Waals surface area (Å²) in [5.41, 5.74) is 9.27. The van der Waals surface area contributed by atoms with E-state index in [1.165, 1.54) is 0 Å². The number of rotatable bonds is 1. The largest absolute Gasteiger partial charge is 0.399 e. The molecule has 0 saturated carbocycles. The third kappa shape index (κ3) is 1.56. The van der Waals surface area contributed by atoms with Crippen LogP contribution < -0.4 is 11.1 Å². The number of carbonyl (C=O) groups is 1. The van der Waals surface area contributed by atoms with E-state index in [-0.39, 0.29) is 11.8 Å². The number of nitrogens with two attached hydrogens (primary N) is 1. The van der Waals surface area contributed by atoms with Crippen molar-refractivity contribution >= 4 is 17.3 Å². The van der Waals surface area contributed by atoms with Gasteiger partial charge in [-0.3, -0.25) is 4.79 Å². The van der Waals surface area contributed by atoms with Crippen LogP contribution in [0.3, 0.4) is 0 Å². The molecule has 0 bridgehead atoms. The molecule has 0 fully saturated rings. The number of hydrogen-bond acceptors (Lipinski definition) is 2. The number of nitrogens with one attached hydrogen (secondary N) is 1. The van der Waals surface area contributed by atoms with Gasteiger partial charge in [0.05, 0.1) is 5.92 Å². The van der Waals surface area contributed by atoms with E-state index in [1.54, 1.807) is 0 Å². The van der Waals surface area contributed by atoms with Gasteiger partial charge in [0, 0.05) is 11.4 Å². The summed E-state index contributed by atoms with van der Waals surface area (Å²) < 4.78 is 0. The number of anilines is 2. The van der Waals surface area contributed by atoms with E-state index in [1.807, 2.05) is 48.5 Å². The van der Waals surface area contributed by atoms with Crippen molar-refractivity contribution in [3.63, 3.8) is 0 Å². The van der Waals surface area contributed by atoms with E-state index in [0.717, 1.165) is 16.8 Å². The molecule has 1 aliphatic rings. The van der Waals surface area contributed by atoms with Crippen molar-refractivity contribution in [3.8, 4) is 0 Å². The first kappa shape index (κ1) is 9.90. The number of benzene rings is 2. The molecule has 1 aliphatic heterocycles. The van der Waals surface area contributed by atoms with Crippen LogP contribution in [0, 0.1) is 0 Å². The van der Waals surface area contributed by atoms with Crippen molar-refractivity contribution in [2.24, 2.45) is 0 Å². The van der Waals surface area contributed by atoms with Gasteiger partial charge in [0.25, 0.3) is 0 Å². The molecule has 0 spiro atoms. The summed E-state index contributed by atoms with van der Waals surface area (Å²) in [6, 6.07) is 15.2. The van der Waals surface area contributed by atoms with Crippen LogP contribution in [0.2, 0.25) is 0 Å². The van der Waals surface area contributed by atoms with Gasteiger partial charge in [0.15, 0.2) is 0 Å². The van der Waals surface area contributed by atoms with E-state index in [4.69, 9.17) is 5.73 Å². The molecule has 17 heavy (non-hydrogen) atoms. The SMILES string of the molecule is Nc1ccc(C2C(=O)Nc3ccccc32)cc1. The summed E-state index contributed by atoms with van der Waals surface area (Å²) in [7, 11) is 0. The average molecular weight is 224 g/mol. The summed E-state index contributed by atoms with van der Waals surface area (Å²) in [5.74, 6) is -0.192. The van der Waals surface area contributed by atoms with Crippen LogP contribution in [-0.4, -0.2) is 5.91 Å². The molecule has 1 atom stereocenters. The number of carbonyl (C=O) groups excluding carboxylic acids is 1. The zero-order valence-corrected chi connectivity index (χ0v) is 9.18. The summed E-state index contributed by atoms with van der Waals surface area (Å²) in [4.78, 5) is 12.0. The van der Waals surface area contributed by atoms with Gasteiger partial charge in [0.1, 0.15) is 0 Å². The molecule has 2 aromatic rings. The van der Waals surface area contributed by atoms with E-state index < -0.39 is 0 Å². The first-order chi connectivity index (χ1) is 8.25. The molecule has 1 unspecified atom stereocenters. The Kier molecular flexibility index (Phi) is 2.11. The quantitative estimate of drug-likeness (QED) is 0.730. The second-order valence-electron chi connectivity index (χ2n) is 4.18. The Morgan fingerprint density at radius 2 is 1.71 bits per heavy atom. The Bertz CT molecular complexity index is 575. The zero-order chi connectivity index (χ0) is 11.8. The fourth-order valence-corrected chi connectivity index (χ4v) is 2.23. The molecule has 84 valence electrons. The number of hydrogen-bond donors (Lipinski definition) is 2. The molecule has 1 amide bonds. The highest BCUT2D eigenvalue weighted by Gasteiger charge is 2.31. The van der Waals surface area contributed by atoms with Crippen LogP contribution in [0.15, 0.2) is 48.5 Å². The molecule has 0 aliphatic carbocycles. The third-order valence-corrected chi connectivity index (χ3v) is 3.06. The maximum absolute atomic E-state index is 12.0. The summed E-state index contributed by atoms with van der Waals surface area (Å²) >= 11 is 0. The number of fused-ring (bicyclic) bond motifs is 1. The van der Waals surface area contributed by atoms with Crippen molar-refractivity contribution in [2.45, 2.75) is 5.92 Å². The van der Waals surface area contributed by atoms with Crippen LogP contribution in [-0.2, 0) is 4.79 Å². The van der Waals surface area contributed by atoms with Crippen LogP contribution in [0.25, 0.3) is 0 Å². The highest BCUT2D eigenvalue weighted by Crippen LogP contribution is 2.36. The van der Waals surface area contributed by atoms with Crippen molar-refractivity contribution in [2.75, 3.05) is 11.1 Å². The first-order valence-corrected chi connectivity index (χ1v) is 5.51. The Labute approximate surface area is 99.3 Å². The lowest BCUT2D eigenvalue weighted by Crippen LogP contribution is -2.13. The fourth-order valence-electron chi connectivity index (χ4n) is 2.23. The minimum absolute atomic E-state index is 0.0240. The third-order valence-electron chi connectivity index (χ3n) is 3.06. The zero-order valence-electron chi connectivity index (χ0n) is 9.18. The predicted molar refractivity (Wildman–Crippen MR) is 67.8 cm³/mol. The smallest absolute Gasteiger partial charge is 0.236 e. The second-order valence-corrected chi connectivity index (χ2v) is 4.18. The van der Waals surface area contributed by atoms with Gasteiger partial charge in [-0.15, -0.1) is 0 Å². The molecular weight excluding hydrogens is 212 g/mol. The van der Waals surface area contributed by atoms with Crippen LogP contribution >= 0.6 is 0 Å². The minimum atomic E-state index is -0.216. The normalized spacial score (nSPS) is 17.6. The maximum atomic E-state index is 12.0. The molecule has 3 N–H and O–H groups in total. The number of nitrogen functional groups attached to an aromatic ring is 1. The van der Waals surface area contributed by atoms with Crippen LogP contribution in [0.1, 0.15) is 17.0 Å². The number of amides is 1. The Hall–Kier alpha value is -2.29. The van der Waals surface area contributed by atoms with E-state index in [2.05, 4.69) is 5.32 Å². The summed E-state index contributed by atoms with van der Waals surface area (Å²) in [6.07, 6.45) is 0. The minimum Gasteiger partial charge on any atom is -0.399 e. The molecule has 1 heterocycles. The fraction of sp³-hybridized carbons (Fsp3) is 0.0714. The molecule has 3 nitrogen and oxygen atoms in total. The van der Waals surface area contributed by atoms with E-state index in [0.29, 0.717) is 5.69 Å². The van der Waals surface area contributed by atoms with Crippen LogP contribution in [0.5, 0.6) is 0 Å². The first-order valence-electron chi connectivity index (χ1n) is 5.51. The summed E-state index contributed by atoms with van der Waals surface area (Å²) in [5, 5.41) is 2.89. The van der Waals surface area contributed by atoms with Gasteiger partial charge in [-0.2, -0.15) is 0 Å². The Morgan fingerprint density at radius 3 is 2.47 bits per heavy atom. The van der Waals surface area contributed by atoms with Gasteiger partial charge in [0.2, 0.25) is 5.91 Å². The van der Waals surface area contributed by atoms with Gasteiger partial charge in [-0.1, -0.05) is 30.3 Å². The second kappa shape index (κ2) is 3.63. The number of para-hydroxylation sites is 1. The molecule has 3 rings (SSSR count). The standard InChI is InChI=1S/C14H12N2O/c15-10-7-5-9(6-8-10)13-11-3-1-2-4-12(11)16-14(13)17/h1-8,13H,15H2,(H,16,17). The van der Waals surface area contributed by atoms with E-state index in [9.17, 15) is 4.79 Å². The lowest BCUT2D eigenvalue weighted by atomic mass is 9.92. The monoisotopic (exact) mass is 224 g/mol. The average Bonchev–Trinajstić information content (AvgIpc) is 2.66. The highest BCUT2D eigenvalue weighted by atomic mass is 16.2. The van der Waals surface area contributed by atoms with Crippen LogP contribution in [0.4, 0.5) is 11.4 Å². The van der Waals surface area contributed by atoms with Crippen molar-refractivity contribution in [1.82, 2.24) is 0 Å². The predicted octanol–water partition coefficient (Wildman–Crippen LogP) is 2.35. The molecule has 0 radical (unpaired) electrons. The molecule has 0 saturated heterocycles. The lowest BCUT2D eigenvalue weighted by molar-refractivity contribution is -0.116. The Balaban J connectivity index is 2.09. The van der Waals surface area contributed by atoms with Crippen molar-refractivity contribution in [1.29, 1.82) is 0 Å².